The van der Waals surface area contributed by atoms with Crippen LogP contribution < -0.4 is 5.56 Å². The van der Waals surface area contributed by atoms with Gasteiger partial charge in [-0.25, -0.2) is 4.39 Å². The van der Waals surface area contributed by atoms with Gasteiger partial charge in [-0.15, -0.1) is 11.3 Å². The molecule has 27 heavy (non-hydrogen) atoms. The minimum absolute atomic E-state index is 0.118. The predicted molar refractivity (Wildman–Crippen MR) is 109 cm³/mol. The van der Waals surface area contributed by atoms with Crippen molar-refractivity contribution in [2.45, 2.75) is 13.1 Å². The highest BCUT2D eigenvalue weighted by molar-refractivity contribution is 7.13. The van der Waals surface area contributed by atoms with Gasteiger partial charge in [-0.3, -0.25) is 9.78 Å². The molecule has 0 radical (unpaired) electrons. The number of aromatic nitrogens is 2. The lowest BCUT2D eigenvalue weighted by molar-refractivity contribution is 0.394. The highest BCUT2D eigenvalue weighted by atomic mass is 35.5. The molecule has 0 bridgehead atoms. The molecule has 3 aromatic heterocycles. The Hall–Kier alpha value is -2.50. The van der Waals surface area contributed by atoms with E-state index in [1.54, 1.807) is 61.0 Å². The maximum Gasteiger partial charge on any atom is 0.251 e. The van der Waals surface area contributed by atoms with Gasteiger partial charge in [0.15, 0.2) is 6.17 Å². The van der Waals surface area contributed by atoms with Crippen LogP contribution in [-0.4, -0.2) is 9.55 Å². The van der Waals surface area contributed by atoms with Gasteiger partial charge in [-0.2, -0.15) is 0 Å². The van der Waals surface area contributed by atoms with Gasteiger partial charge in [0.05, 0.1) is 17.4 Å². The minimum atomic E-state index is -1.37. The number of benzene rings is 1. The number of fused-ring (bicyclic) bond motifs is 1. The molecule has 0 N–H and O–H groups in total. The average Bonchev–Trinajstić information content (AvgIpc) is 3.10. The van der Waals surface area contributed by atoms with Gasteiger partial charge in [0.1, 0.15) is 0 Å². The average molecular weight is 399 g/mol. The van der Waals surface area contributed by atoms with Crippen molar-refractivity contribution in [3.05, 3.63) is 86.2 Å². The second kappa shape index (κ2) is 6.91. The van der Waals surface area contributed by atoms with E-state index in [1.165, 1.54) is 4.57 Å². The molecule has 0 spiro atoms. The SMILES string of the molecule is Cc1csc(-c2cc(=O)n(C)c3cnc(C(F)c4ccc(Cl)cc4)cc23)c1. The third kappa shape index (κ3) is 3.29. The fourth-order valence-corrected chi connectivity index (χ4v) is 4.14. The normalized spacial score (nSPS) is 12.4. The number of hydrogen-bond donors (Lipinski definition) is 0. The minimum Gasteiger partial charge on any atom is -0.310 e. The Morgan fingerprint density at radius 2 is 1.93 bits per heavy atom. The summed E-state index contributed by atoms with van der Waals surface area (Å²) in [6.07, 6.45) is 0.195. The van der Waals surface area contributed by atoms with E-state index in [4.69, 9.17) is 11.6 Å². The summed E-state index contributed by atoms with van der Waals surface area (Å²) < 4.78 is 16.6. The maximum absolute atomic E-state index is 15.1. The third-order valence-corrected chi connectivity index (χ3v) is 5.91. The summed E-state index contributed by atoms with van der Waals surface area (Å²) in [5, 5.41) is 3.40. The van der Waals surface area contributed by atoms with Gasteiger partial charge >= 0.3 is 0 Å². The number of rotatable bonds is 3. The molecule has 0 aliphatic heterocycles. The van der Waals surface area contributed by atoms with Gasteiger partial charge < -0.3 is 4.57 Å². The van der Waals surface area contributed by atoms with Crippen LogP contribution in [-0.2, 0) is 7.05 Å². The van der Waals surface area contributed by atoms with E-state index in [0.29, 0.717) is 21.8 Å². The van der Waals surface area contributed by atoms with Crippen molar-refractivity contribution in [1.82, 2.24) is 9.55 Å². The Kier molecular flexibility index (Phi) is 4.58. The Morgan fingerprint density at radius 3 is 2.59 bits per heavy atom. The van der Waals surface area contributed by atoms with Crippen molar-refractivity contribution in [3.63, 3.8) is 0 Å². The summed E-state index contributed by atoms with van der Waals surface area (Å²) in [6, 6.07) is 12.0. The fourth-order valence-electron chi connectivity index (χ4n) is 3.08. The molecule has 0 aliphatic rings. The van der Waals surface area contributed by atoms with Crippen LogP contribution in [0.15, 0.2) is 58.8 Å². The van der Waals surface area contributed by atoms with Gasteiger partial charge in [0.25, 0.3) is 5.56 Å². The van der Waals surface area contributed by atoms with Crippen LogP contribution in [0.25, 0.3) is 21.3 Å². The molecule has 3 nitrogen and oxygen atoms in total. The van der Waals surface area contributed by atoms with Crippen molar-refractivity contribution >= 4 is 33.8 Å². The first-order valence-electron chi connectivity index (χ1n) is 8.39. The lowest BCUT2D eigenvalue weighted by atomic mass is 10.0. The molecule has 6 heteroatoms. The summed E-state index contributed by atoms with van der Waals surface area (Å²) in [4.78, 5) is 17.6. The number of thiophene rings is 1. The molecule has 3 heterocycles. The molecule has 4 rings (SSSR count). The second-order valence-electron chi connectivity index (χ2n) is 6.48. The number of alkyl halides is 1. The first-order valence-corrected chi connectivity index (χ1v) is 9.64. The van der Waals surface area contributed by atoms with Gasteiger partial charge in [-0.05, 0) is 47.7 Å². The number of hydrogen-bond acceptors (Lipinski definition) is 3. The summed E-state index contributed by atoms with van der Waals surface area (Å²) in [7, 11) is 1.70. The van der Waals surface area contributed by atoms with Crippen LogP contribution in [0.2, 0.25) is 5.02 Å². The van der Waals surface area contributed by atoms with Crippen LogP contribution in [0.5, 0.6) is 0 Å². The van der Waals surface area contributed by atoms with Gasteiger partial charge in [0, 0.05) is 34.0 Å². The zero-order chi connectivity index (χ0) is 19.1. The van der Waals surface area contributed by atoms with Crippen molar-refractivity contribution in [3.8, 4) is 10.4 Å². The lowest BCUT2D eigenvalue weighted by Crippen LogP contribution is -2.16. The highest BCUT2D eigenvalue weighted by Gasteiger charge is 2.18. The van der Waals surface area contributed by atoms with Gasteiger partial charge in [-0.1, -0.05) is 23.7 Å². The van der Waals surface area contributed by atoms with Crippen LogP contribution in [0.4, 0.5) is 4.39 Å². The first-order chi connectivity index (χ1) is 12.9. The standard InChI is InChI=1S/C21H16ClFN2OS/c1-12-7-19(27-11-12)16-9-20(26)25(2)18-10-24-17(8-15(16)18)21(23)13-3-5-14(22)6-4-13/h3-11,21H,1-2H3. The summed E-state index contributed by atoms with van der Waals surface area (Å²) in [6.45, 7) is 2.01. The van der Waals surface area contributed by atoms with E-state index in [9.17, 15) is 4.79 Å². The van der Waals surface area contributed by atoms with E-state index in [-0.39, 0.29) is 5.56 Å². The number of pyridine rings is 2. The Bertz CT molecular complexity index is 1200. The van der Waals surface area contributed by atoms with E-state index in [1.807, 2.05) is 18.4 Å². The van der Waals surface area contributed by atoms with Crippen LogP contribution in [0, 0.1) is 6.92 Å². The van der Waals surface area contributed by atoms with Crippen molar-refractivity contribution in [2.75, 3.05) is 0 Å². The van der Waals surface area contributed by atoms with Crippen LogP contribution in [0.1, 0.15) is 23.0 Å². The number of nitrogens with zero attached hydrogens (tertiary/aromatic N) is 2. The van der Waals surface area contributed by atoms with Gasteiger partial charge in [0.2, 0.25) is 0 Å². The van der Waals surface area contributed by atoms with E-state index >= 15 is 4.39 Å². The zero-order valence-electron chi connectivity index (χ0n) is 14.7. The number of aryl methyl sites for hydroxylation is 2. The van der Waals surface area contributed by atoms with Crippen molar-refractivity contribution in [1.29, 1.82) is 0 Å². The van der Waals surface area contributed by atoms with E-state index in [2.05, 4.69) is 4.98 Å². The zero-order valence-corrected chi connectivity index (χ0v) is 16.3. The molecular weight excluding hydrogens is 383 g/mol. The third-order valence-electron chi connectivity index (χ3n) is 4.57. The topological polar surface area (TPSA) is 34.9 Å². The summed E-state index contributed by atoms with van der Waals surface area (Å²) in [5.41, 5.74) is 3.28. The van der Waals surface area contributed by atoms with E-state index in [0.717, 1.165) is 21.4 Å². The molecule has 0 fully saturated rings. The predicted octanol–water partition coefficient (Wildman–Crippen LogP) is 5.68. The molecule has 0 aliphatic carbocycles. The molecule has 0 saturated heterocycles. The van der Waals surface area contributed by atoms with Crippen LogP contribution >= 0.6 is 22.9 Å². The Morgan fingerprint density at radius 1 is 1.19 bits per heavy atom. The van der Waals surface area contributed by atoms with Crippen LogP contribution in [0.3, 0.4) is 0 Å². The molecule has 4 aromatic rings. The largest absolute Gasteiger partial charge is 0.310 e. The Balaban J connectivity index is 1.91. The monoisotopic (exact) mass is 398 g/mol. The second-order valence-corrected chi connectivity index (χ2v) is 7.83. The molecular formula is C21H16ClFN2OS. The lowest BCUT2D eigenvalue weighted by Gasteiger charge is -2.13. The quantitative estimate of drug-likeness (QED) is 0.444. The smallest absolute Gasteiger partial charge is 0.251 e. The summed E-state index contributed by atoms with van der Waals surface area (Å²) >= 11 is 7.46. The molecule has 0 saturated carbocycles. The fraction of sp³-hybridized carbons (Fsp3) is 0.143. The van der Waals surface area contributed by atoms with Crippen molar-refractivity contribution in [2.24, 2.45) is 7.05 Å². The summed E-state index contributed by atoms with van der Waals surface area (Å²) in [5.74, 6) is 0. The Labute approximate surface area is 164 Å². The molecule has 136 valence electrons. The maximum atomic E-state index is 15.1. The molecule has 1 unspecified atom stereocenters. The molecule has 0 amide bonds. The highest BCUT2D eigenvalue weighted by Crippen LogP contribution is 2.34. The molecule has 1 aromatic carbocycles. The number of halogens is 2. The first kappa shape index (κ1) is 17.9. The van der Waals surface area contributed by atoms with Crippen molar-refractivity contribution < 1.29 is 4.39 Å². The van der Waals surface area contributed by atoms with E-state index < -0.39 is 6.17 Å². The molecule has 1 atom stereocenters.